The van der Waals surface area contributed by atoms with Crippen LogP contribution in [-0.2, 0) is 6.42 Å². The quantitative estimate of drug-likeness (QED) is 0.625. The van der Waals surface area contributed by atoms with Crippen molar-refractivity contribution in [2.24, 2.45) is 0 Å². The third kappa shape index (κ3) is 2.38. The van der Waals surface area contributed by atoms with E-state index >= 15 is 0 Å². The highest BCUT2D eigenvalue weighted by atomic mass is 35.5. The van der Waals surface area contributed by atoms with Gasteiger partial charge < -0.3 is 0 Å². The van der Waals surface area contributed by atoms with E-state index in [0.717, 1.165) is 28.6 Å². The van der Waals surface area contributed by atoms with Gasteiger partial charge in [-0.2, -0.15) is 0 Å². The van der Waals surface area contributed by atoms with Gasteiger partial charge >= 0.3 is 0 Å². The third-order valence-electron chi connectivity index (χ3n) is 3.63. The molecule has 21 heavy (non-hydrogen) atoms. The predicted octanol–water partition coefficient (Wildman–Crippen LogP) is 4.96. The number of benzene rings is 2. The maximum Gasteiger partial charge on any atom is 0.161 e. The van der Waals surface area contributed by atoms with Crippen LogP contribution >= 0.6 is 11.6 Å². The third-order valence-corrected chi connectivity index (χ3v) is 3.94. The van der Waals surface area contributed by atoms with E-state index < -0.39 is 0 Å². The molecule has 1 aromatic heterocycles. The van der Waals surface area contributed by atoms with Crippen LogP contribution in [0, 0.1) is 12.7 Å². The largest absolute Gasteiger partial charge is 0.233 e. The number of hydrogen-bond acceptors (Lipinski definition) is 2. The van der Waals surface area contributed by atoms with Gasteiger partial charge in [-0.05, 0) is 30.9 Å². The fraction of sp³-hybridized carbons (Fsp3) is 0.176. The highest BCUT2D eigenvalue weighted by molar-refractivity contribution is 6.30. The molecule has 0 bridgehead atoms. The molecule has 4 heteroatoms. The van der Waals surface area contributed by atoms with Gasteiger partial charge in [0, 0.05) is 22.2 Å². The normalized spacial score (nSPS) is 11.0. The van der Waals surface area contributed by atoms with Crippen molar-refractivity contribution < 1.29 is 4.39 Å². The summed E-state index contributed by atoms with van der Waals surface area (Å²) in [6, 6.07) is 10.5. The zero-order valence-corrected chi connectivity index (χ0v) is 12.6. The zero-order valence-electron chi connectivity index (χ0n) is 11.8. The van der Waals surface area contributed by atoms with Crippen LogP contribution < -0.4 is 0 Å². The predicted molar refractivity (Wildman–Crippen MR) is 84.1 cm³/mol. The van der Waals surface area contributed by atoms with Gasteiger partial charge in [0.25, 0.3) is 0 Å². The summed E-state index contributed by atoms with van der Waals surface area (Å²) in [5.41, 5.74) is 2.60. The van der Waals surface area contributed by atoms with E-state index in [1.807, 2.05) is 32.0 Å². The molecule has 0 atom stereocenters. The van der Waals surface area contributed by atoms with Crippen LogP contribution in [0.3, 0.4) is 0 Å². The summed E-state index contributed by atoms with van der Waals surface area (Å²) in [6.07, 6.45) is 0.787. The molecule has 0 radical (unpaired) electrons. The molecule has 2 aromatic carbocycles. The maximum absolute atomic E-state index is 13.9. The van der Waals surface area contributed by atoms with Crippen molar-refractivity contribution in [3.63, 3.8) is 0 Å². The van der Waals surface area contributed by atoms with Gasteiger partial charge in [-0.1, -0.05) is 42.8 Å². The highest BCUT2D eigenvalue weighted by Gasteiger charge is 2.13. The molecule has 0 saturated carbocycles. The smallest absolute Gasteiger partial charge is 0.161 e. The van der Waals surface area contributed by atoms with Crippen molar-refractivity contribution in [2.75, 3.05) is 0 Å². The van der Waals surface area contributed by atoms with E-state index in [4.69, 9.17) is 11.6 Å². The van der Waals surface area contributed by atoms with Crippen LogP contribution in [0.15, 0.2) is 36.4 Å². The molecule has 1 heterocycles. The Hall–Kier alpha value is -2.00. The van der Waals surface area contributed by atoms with Crippen LogP contribution in [0.2, 0.25) is 5.15 Å². The molecule has 2 nitrogen and oxygen atoms in total. The van der Waals surface area contributed by atoms with Crippen LogP contribution in [0.4, 0.5) is 4.39 Å². The SMILES string of the molecule is CCc1c(C)nc(-c2ccc(F)c3ccccc23)nc1Cl. The van der Waals surface area contributed by atoms with Crippen LogP contribution in [0.1, 0.15) is 18.2 Å². The van der Waals surface area contributed by atoms with E-state index in [-0.39, 0.29) is 5.82 Å². The molecule has 0 fully saturated rings. The Morgan fingerprint density at radius 2 is 1.76 bits per heavy atom. The molecule has 0 N–H and O–H groups in total. The molecule has 0 unspecified atom stereocenters. The molecule has 106 valence electrons. The number of halogens is 2. The number of fused-ring (bicyclic) bond motifs is 1. The number of aryl methyl sites for hydroxylation is 1. The lowest BCUT2D eigenvalue weighted by Gasteiger charge is -2.10. The molecule has 0 amide bonds. The molecule has 0 spiro atoms. The molecular weight excluding hydrogens is 287 g/mol. The fourth-order valence-corrected chi connectivity index (χ4v) is 2.89. The Morgan fingerprint density at radius 1 is 1.05 bits per heavy atom. The van der Waals surface area contributed by atoms with Crippen molar-refractivity contribution >= 4 is 22.4 Å². The van der Waals surface area contributed by atoms with Crippen molar-refractivity contribution in [1.82, 2.24) is 9.97 Å². The number of aromatic nitrogens is 2. The molecule has 0 aliphatic heterocycles. The van der Waals surface area contributed by atoms with Gasteiger partial charge in [0.05, 0.1) is 0 Å². The average Bonchev–Trinajstić information content (AvgIpc) is 2.47. The van der Waals surface area contributed by atoms with E-state index in [0.29, 0.717) is 16.4 Å². The van der Waals surface area contributed by atoms with Crippen LogP contribution in [-0.4, -0.2) is 9.97 Å². The summed E-state index contributed by atoms with van der Waals surface area (Å²) in [5, 5.41) is 1.82. The minimum Gasteiger partial charge on any atom is -0.233 e. The topological polar surface area (TPSA) is 25.8 Å². The Kier molecular flexibility index (Phi) is 3.60. The van der Waals surface area contributed by atoms with Crippen molar-refractivity contribution in [3.05, 3.63) is 58.6 Å². The molecule has 0 saturated heterocycles. The Morgan fingerprint density at radius 3 is 2.43 bits per heavy atom. The summed E-state index contributed by atoms with van der Waals surface area (Å²) in [4.78, 5) is 8.92. The van der Waals surface area contributed by atoms with E-state index in [1.54, 1.807) is 12.1 Å². The molecular formula is C17H14ClFN2. The lowest BCUT2D eigenvalue weighted by atomic mass is 10.0. The highest BCUT2D eigenvalue weighted by Crippen LogP contribution is 2.30. The Labute approximate surface area is 127 Å². The summed E-state index contributed by atoms with van der Waals surface area (Å²) in [6.45, 7) is 3.94. The lowest BCUT2D eigenvalue weighted by molar-refractivity contribution is 0.640. The average molecular weight is 301 g/mol. The lowest BCUT2D eigenvalue weighted by Crippen LogP contribution is -2.00. The van der Waals surface area contributed by atoms with Crippen LogP contribution in [0.25, 0.3) is 22.2 Å². The number of nitrogens with zero attached hydrogens (tertiary/aromatic N) is 2. The molecule has 0 aliphatic carbocycles. The van der Waals surface area contributed by atoms with Gasteiger partial charge in [0.15, 0.2) is 5.82 Å². The minimum absolute atomic E-state index is 0.248. The van der Waals surface area contributed by atoms with Gasteiger partial charge in [-0.25, -0.2) is 14.4 Å². The molecule has 3 rings (SSSR count). The van der Waals surface area contributed by atoms with Gasteiger partial charge in [0.2, 0.25) is 0 Å². The maximum atomic E-state index is 13.9. The monoisotopic (exact) mass is 300 g/mol. The first kappa shape index (κ1) is 14.0. The summed E-state index contributed by atoms with van der Waals surface area (Å²) < 4.78 is 13.9. The first-order valence-corrected chi connectivity index (χ1v) is 7.20. The number of hydrogen-bond donors (Lipinski definition) is 0. The first-order chi connectivity index (χ1) is 10.1. The van der Waals surface area contributed by atoms with Crippen molar-refractivity contribution in [3.8, 4) is 11.4 Å². The van der Waals surface area contributed by atoms with E-state index in [1.165, 1.54) is 6.07 Å². The fourth-order valence-electron chi connectivity index (χ4n) is 2.54. The first-order valence-electron chi connectivity index (χ1n) is 6.82. The second-order valence-corrected chi connectivity index (χ2v) is 5.25. The minimum atomic E-state index is -0.248. The Balaban J connectivity index is 2.29. The van der Waals surface area contributed by atoms with Gasteiger partial charge in [-0.3, -0.25) is 0 Å². The van der Waals surface area contributed by atoms with Gasteiger partial charge in [0.1, 0.15) is 11.0 Å². The second-order valence-electron chi connectivity index (χ2n) is 4.90. The summed E-state index contributed by atoms with van der Waals surface area (Å²) in [7, 11) is 0. The van der Waals surface area contributed by atoms with Crippen molar-refractivity contribution in [2.45, 2.75) is 20.3 Å². The molecule has 3 aromatic rings. The second kappa shape index (κ2) is 5.41. The van der Waals surface area contributed by atoms with Gasteiger partial charge in [-0.15, -0.1) is 0 Å². The summed E-state index contributed by atoms with van der Waals surface area (Å²) in [5.74, 6) is 0.285. The van der Waals surface area contributed by atoms with Crippen LogP contribution in [0.5, 0.6) is 0 Å². The standard InChI is InChI=1S/C17H14ClFN2/c1-3-11-10(2)20-17(21-16(11)18)14-8-9-15(19)13-7-5-4-6-12(13)14/h4-9H,3H2,1-2H3. The van der Waals surface area contributed by atoms with Crippen molar-refractivity contribution in [1.29, 1.82) is 0 Å². The van der Waals surface area contributed by atoms with E-state index in [9.17, 15) is 4.39 Å². The number of rotatable bonds is 2. The molecule has 0 aliphatic rings. The summed E-state index contributed by atoms with van der Waals surface area (Å²) >= 11 is 6.24. The zero-order chi connectivity index (χ0) is 15.0. The Bertz CT molecular complexity index is 807. The van der Waals surface area contributed by atoms with E-state index in [2.05, 4.69) is 9.97 Å².